The minimum Gasteiger partial charge on any atom is -0.441 e. The van der Waals surface area contributed by atoms with E-state index in [-0.39, 0.29) is 6.09 Å². The third-order valence-corrected chi connectivity index (χ3v) is 4.32. The van der Waals surface area contributed by atoms with Crippen LogP contribution in [0.2, 0.25) is 0 Å². The summed E-state index contributed by atoms with van der Waals surface area (Å²) in [6.45, 7) is 2.67. The van der Waals surface area contributed by atoms with Gasteiger partial charge in [-0.1, -0.05) is 12.1 Å². The molecular weight excluding hydrogens is 297 g/mol. The number of halogens is 3. The van der Waals surface area contributed by atoms with Crippen LogP contribution >= 0.6 is 0 Å². The van der Waals surface area contributed by atoms with Crippen LogP contribution in [0.15, 0.2) is 24.3 Å². The number of ether oxygens (including phenoxy) is 1. The Kier molecular flexibility index (Phi) is 3.76. The highest BCUT2D eigenvalue weighted by Crippen LogP contribution is 2.31. The zero-order valence-corrected chi connectivity index (χ0v) is 11.9. The van der Waals surface area contributed by atoms with Crippen molar-refractivity contribution in [3.05, 3.63) is 35.4 Å². The van der Waals surface area contributed by atoms with E-state index >= 15 is 0 Å². The van der Waals surface area contributed by atoms with E-state index in [9.17, 15) is 18.0 Å². The second-order valence-corrected chi connectivity index (χ2v) is 5.90. The third kappa shape index (κ3) is 3.19. The lowest BCUT2D eigenvalue weighted by molar-refractivity contribution is -0.137. The molecule has 1 aromatic rings. The fourth-order valence-electron chi connectivity index (χ4n) is 2.96. The van der Waals surface area contributed by atoms with Gasteiger partial charge in [0.15, 0.2) is 0 Å². The number of amides is 1. The Balaban J connectivity index is 1.56. The van der Waals surface area contributed by atoms with Crippen LogP contribution < -0.4 is 5.32 Å². The summed E-state index contributed by atoms with van der Waals surface area (Å²) in [7, 11) is 0. The maximum Gasteiger partial charge on any atom is 0.416 e. The lowest BCUT2D eigenvalue weighted by Gasteiger charge is -2.37. The van der Waals surface area contributed by atoms with Gasteiger partial charge in [-0.15, -0.1) is 0 Å². The first-order valence-corrected chi connectivity index (χ1v) is 7.22. The number of benzene rings is 1. The molecule has 0 unspecified atom stereocenters. The van der Waals surface area contributed by atoms with Gasteiger partial charge in [-0.25, -0.2) is 4.79 Å². The molecule has 7 heteroatoms. The van der Waals surface area contributed by atoms with Crippen LogP contribution in [-0.4, -0.2) is 36.2 Å². The third-order valence-electron chi connectivity index (χ3n) is 4.32. The van der Waals surface area contributed by atoms with Gasteiger partial charge in [-0.05, 0) is 17.7 Å². The maximum absolute atomic E-state index is 12.5. The highest BCUT2D eigenvalue weighted by Gasteiger charge is 2.42. The van der Waals surface area contributed by atoms with Crippen molar-refractivity contribution in [1.82, 2.24) is 10.2 Å². The van der Waals surface area contributed by atoms with Gasteiger partial charge in [0.25, 0.3) is 0 Å². The average Bonchev–Trinajstić information content (AvgIpc) is 2.83. The molecule has 0 radical (unpaired) electrons. The van der Waals surface area contributed by atoms with Crippen molar-refractivity contribution < 1.29 is 22.7 Å². The number of alkyl halides is 3. The molecule has 1 spiro atoms. The maximum atomic E-state index is 12.5. The normalized spacial score (nSPS) is 21.7. The lowest BCUT2D eigenvalue weighted by atomic mass is 9.91. The SMILES string of the molecule is O=C1NCC2(CCN(Cc3ccc(C(F)(F)F)cc3)CC2)O1. The van der Waals surface area contributed by atoms with Crippen LogP contribution in [0.3, 0.4) is 0 Å². The van der Waals surface area contributed by atoms with Gasteiger partial charge in [-0.2, -0.15) is 13.2 Å². The second-order valence-electron chi connectivity index (χ2n) is 5.90. The number of piperidine rings is 1. The van der Waals surface area contributed by atoms with E-state index in [2.05, 4.69) is 10.2 Å². The molecule has 1 aromatic carbocycles. The number of nitrogens with zero attached hydrogens (tertiary/aromatic N) is 1. The smallest absolute Gasteiger partial charge is 0.416 e. The van der Waals surface area contributed by atoms with E-state index in [4.69, 9.17) is 4.74 Å². The molecule has 1 N–H and O–H groups in total. The van der Waals surface area contributed by atoms with Crippen LogP contribution in [0.25, 0.3) is 0 Å². The summed E-state index contributed by atoms with van der Waals surface area (Å²) < 4.78 is 42.9. The van der Waals surface area contributed by atoms with Crippen molar-refractivity contribution in [2.24, 2.45) is 0 Å². The Morgan fingerprint density at radius 3 is 2.32 bits per heavy atom. The van der Waals surface area contributed by atoms with Gasteiger partial charge >= 0.3 is 12.3 Å². The Bertz CT molecular complexity index is 549. The average molecular weight is 314 g/mol. The molecule has 2 aliphatic rings. The first kappa shape index (κ1) is 15.1. The van der Waals surface area contributed by atoms with Gasteiger partial charge in [0, 0.05) is 32.5 Å². The van der Waals surface area contributed by atoms with Gasteiger partial charge in [0.05, 0.1) is 12.1 Å². The summed E-state index contributed by atoms with van der Waals surface area (Å²) in [5, 5.41) is 2.68. The molecule has 0 aliphatic carbocycles. The number of carbonyl (C=O) groups excluding carboxylic acids is 1. The van der Waals surface area contributed by atoms with Crippen molar-refractivity contribution in [3.8, 4) is 0 Å². The van der Waals surface area contributed by atoms with E-state index in [1.54, 1.807) is 0 Å². The van der Waals surface area contributed by atoms with E-state index in [1.165, 1.54) is 12.1 Å². The molecule has 0 atom stereocenters. The number of hydrogen-bond acceptors (Lipinski definition) is 3. The van der Waals surface area contributed by atoms with Crippen molar-refractivity contribution in [2.75, 3.05) is 19.6 Å². The fourth-order valence-corrected chi connectivity index (χ4v) is 2.96. The van der Waals surface area contributed by atoms with Gasteiger partial charge in [-0.3, -0.25) is 4.90 Å². The van der Waals surface area contributed by atoms with E-state index < -0.39 is 17.3 Å². The van der Waals surface area contributed by atoms with Crippen LogP contribution in [0.5, 0.6) is 0 Å². The van der Waals surface area contributed by atoms with Gasteiger partial charge < -0.3 is 10.1 Å². The summed E-state index contributed by atoms with van der Waals surface area (Å²) in [5.41, 5.74) is -0.170. The number of likely N-dealkylation sites (tertiary alicyclic amines) is 1. The monoisotopic (exact) mass is 314 g/mol. The molecule has 0 bridgehead atoms. The largest absolute Gasteiger partial charge is 0.441 e. The minimum atomic E-state index is -4.30. The number of nitrogens with one attached hydrogen (secondary N) is 1. The first-order chi connectivity index (χ1) is 10.4. The molecule has 2 saturated heterocycles. The van der Waals surface area contributed by atoms with Gasteiger partial charge in [0.2, 0.25) is 0 Å². The quantitative estimate of drug-likeness (QED) is 0.913. The molecule has 22 heavy (non-hydrogen) atoms. The summed E-state index contributed by atoms with van der Waals surface area (Å²) in [6.07, 6.45) is -3.18. The van der Waals surface area contributed by atoms with E-state index in [0.29, 0.717) is 13.1 Å². The molecule has 0 aromatic heterocycles. The number of rotatable bonds is 2. The number of alkyl carbamates (subject to hydrolysis) is 1. The van der Waals surface area contributed by atoms with Crippen LogP contribution in [0.1, 0.15) is 24.0 Å². The molecule has 0 saturated carbocycles. The Hall–Kier alpha value is -1.76. The van der Waals surface area contributed by atoms with Crippen molar-refractivity contribution in [2.45, 2.75) is 31.2 Å². The standard InChI is InChI=1S/C15H17F3N2O2/c16-15(17,18)12-3-1-11(2-4-12)9-20-7-5-14(6-8-20)10-19-13(21)22-14/h1-4H,5-10H2,(H,19,21). The molecule has 120 valence electrons. The van der Waals surface area contributed by atoms with Crippen molar-refractivity contribution >= 4 is 6.09 Å². The topological polar surface area (TPSA) is 41.6 Å². The molecule has 3 rings (SSSR count). The summed E-state index contributed by atoms with van der Waals surface area (Å²) in [6, 6.07) is 5.27. The Labute approximate surface area is 126 Å². The molecule has 2 aliphatic heterocycles. The molecule has 4 nitrogen and oxygen atoms in total. The predicted octanol–water partition coefficient (Wildman–Crippen LogP) is 2.78. The lowest BCUT2D eigenvalue weighted by Crippen LogP contribution is -2.46. The van der Waals surface area contributed by atoms with Crippen molar-refractivity contribution in [3.63, 3.8) is 0 Å². The Morgan fingerprint density at radius 1 is 1.18 bits per heavy atom. The fraction of sp³-hybridized carbons (Fsp3) is 0.533. The van der Waals surface area contributed by atoms with Gasteiger partial charge in [0.1, 0.15) is 5.60 Å². The molecule has 2 fully saturated rings. The van der Waals surface area contributed by atoms with Crippen LogP contribution in [0.4, 0.5) is 18.0 Å². The minimum absolute atomic E-state index is 0.365. The number of carbonyl (C=O) groups is 1. The van der Waals surface area contributed by atoms with Crippen LogP contribution in [-0.2, 0) is 17.5 Å². The molecule has 2 heterocycles. The zero-order chi connectivity index (χ0) is 15.8. The second kappa shape index (κ2) is 5.46. The Morgan fingerprint density at radius 2 is 1.82 bits per heavy atom. The number of hydrogen-bond donors (Lipinski definition) is 1. The highest BCUT2D eigenvalue weighted by atomic mass is 19.4. The molecule has 1 amide bonds. The highest BCUT2D eigenvalue weighted by molar-refractivity contribution is 5.70. The molecular formula is C15H17F3N2O2. The predicted molar refractivity (Wildman–Crippen MR) is 73.2 cm³/mol. The van der Waals surface area contributed by atoms with Crippen LogP contribution in [0, 0.1) is 0 Å². The van der Waals surface area contributed by atoms with Crippen molar-refractivity contribution in [1.29, 1.82) is 0 Å². The zero-order valence-electron chi connectivity index (χ0n) is 11.9. The van der Waals surface area contributed by atoms with E-state index in [0.717, 1.165) is 43.6 Å². The summed E-state index contributed by atoms with van der Waals surface area (Å²) in [4.78, 5) is 13.3. The summed E-state index contributed by atoms with van der Waals surface area (Å²) >= 11 is 0. The summed E-state index contributed by atoms with van der Waals surface area (Å²) in [5.74, 6) is 0. The van der Waals surface area contributed by atoms with E-state index in [1.807, 2.05) is 0 Å². The first-order valence-electron chi connectivity index (χ1n) is 7.22.